The molecular formula is C19H18N2O6. The number of nitrogens with one attached hydrogen (secondary N) is 1. The lowest BCUT2D eigenvalue weighted by Gasteiger charge is -2.11. The van der Waals surface area contributed by atoms with Gasteiger partial charge in [-0.15, -0.1) is 0 Å². The monoisotopic (exact) mass is 370 g/mol. The van der Waals surface area contributed by atoms with Crippen LogP contribution >= 0.6 is 0 Å². The van der Waals surface area contributed by atoms with Gasteiger partial charge in [0, 0.05) is 17.7 Å². The van der Waals surface area contributed by atoms with Gasteiger partial charge in [0.1, 0.15) is 12.3 Å². The van der Waals surface area contributed by atoms with Gasteiger partial charge in [0.15, 0.2) is 0 Å². The zero-order chi connectivity index (χ0) is 19.8. The van der Waals surface area contributed by atoms with Crippen LogP contribution < -0.4 is 5.32 Å². The molecule has 8 nitrogen and oxygen atoms in total. The van der Waals surface area contributed by atoms with Crippen LogP contribution in [0.4, 0.5) is 5.69 Å². The van der Waals surface area contributed by atoms with Crippen molar-refractivity contribution in [1.29, 1.82) is 0 Å². The third kappa shape index (κ3) is 6.05. The van der Waals surface area contributed by atoms with Gasteiger partial charge >= 0.3 is 5.97 Å². The molecule has 0 fully saturated rings. The van der Waals surface area contributed by atoms with Crippen LogP contribution in [0.5, 0.6) is 0 Å². The van der Waals surface area contributed by atoms with Gasteiger partial charge in [-0.25, -0.2) is 4.79 Å². The molecule has 2 rings (SSSR count). The van der Waals surface area contributed by atoms with Gasteiger partial charge in [-0.1, -0.05) is 18.2 Å². The van der Waals surface area contributed by atoms with E-state index >= 15 is 0 Å². The van der Waals surface area contributed by atoms with Crippen LogP contribution in [0, 0.1) is 10.1 Å². The zero-order valence-corrected chi connectivity index (χ0v) is 14.5. The Bertz CT molecular complexity index is 844. The fraction of sp³-hybridized carbons (Fsp3) is 0.158. The molecule has 0 heterocycles. The van der Waals surface area contributed by atoms with E-state index in [4.69, 9.17) is 4.74 Å². The van der Waals surface area contributed by atoms with Crippen LogP contribution in [0.3, 0.4) is 0 Å². The second-order valence-electron chi connectivity index (χ2n) is 5.67. The molecule has 0 spiro atoms. The predicted molar refractivity (Wildman–Crippen MR) is 97.6 cm³/mol. The summed E-state index contributed by atoms with van der Waals surface area (Å²) in [5, 5.41) is 22.5. The first-order chi connectivity index (χ1) is 12.9. The number of hydrogen-bond acceptors (Lipinski definition) is 6. The smallest absolute Gasteiger partial charge is 0.354 e. The van der Waals surface area contributed by atoms with Crippen molar-refractivity contribution in [2.24, 2.45) is 0 Å². The van der Waals surface area contributed by atoms with Crippen molar-refractivity contribution in [2.45, 2.75) is 13.0 Å². The Balaban J connectivity index is 2.26. The molecule has 1 amide bonds. The highest BCUT2D eigenvalue weighted by Crippen LogP contribution is 2.15. The fourth-order valence-electron chi connectivity index (χ4n) is 2.06. The van der Waals surface area contributed by atoms with E-state index in [2.05, 4.69) is 5.32 Å². The number of nitro groups is 1. The number of nitro benzene ring substituents is 1. The van der Waals surface area contributed by atoms with Crippen LogP contribution in [0.15, 0.2) is 60.3 Å². The van der Waals surface area contributed by atoms with E-state index in [9.17, 15) is 24.8 Å². The van der Waals surface area contributed by atoms with Crippen molar-refractivity contribution in [3.8, 4) is 0 Å². The highest BCUT2D eigenvalue weighted by atomic mass is 16.6. The average Bonchev–Trinajstić information content (AvgIpc) is 2.66. The van der Waals surface area contributed by atoms with E-state index in [0.717, 1.165) is 0 Å². The lowest BCUT2D eigenvalue weighted by molar-refractivity contribution is -0.384. The number of nitrogens with zero attached hydrogens (tertiary/aromatic N) is 1. The largest absolute Gasteiger partial charge is 0.458 e. The van der Waals surface area contributed by atoms with E-state index in [1.165, 1.54) is 37.3 Å². The molecule has 0 aliphatic heterocycles. The molecule has 0 saturated carbocycles. The summed E-state index contributed by atoms with van der Waals surface area (Å²) >= 11 is 0. The standard InChI is InChI=1S/C19H18N2O6/c1-13(22)12-27-19(24)17(20-18(23)15-5-3-2-4-6-15)11-14-7-9-16(10-8-14)21(25)26/h2-11,13,22H,12H2,1H3,(H,20,23)/b17-11+. The molecule has 2 N–H and O–H groups in total. The number of hydrogen-bond donors (Lipinski definition) is 2. The molecule has 27 heavy (non-hydrogen) atoms. The molecule has 140 valence electrons. The first-order valence-corrected chi connectivity index (χ1v) is 8.04. The van der Waals surface area contributed by atoms with Crippen molar-refractivity contribution >= 4 is 23.6 Å². The molecule has 8 heteroatoms. The topological polar surface area (TPSA) is 119 Å². The molecular weight excluding hydrogens is 352 g/mol. The Hall–Kier alpha value is -3.52. The minimum Gasteiger partial charge on any atom is -0.458 e. The summed E-state index contributed by atoms with van der Waals surface area (Å²) in [6.45, 7) is 1.22. The van der Waals surface area contributed by atoms with E-state index in [1.807, 2.05) is 0 Å². The second kappa shape index (κ2) is 9.25. The quantitative estimate of drug-likeness (QED) is 0.334. The van der Waals surface area contributed by atoms with Crippen LogP contribution in [0.2, 0.25) is 0 Å². The summed E-state index contributed by atoms with van der Waals surface area (Å²) < 4.78 is 4.96. The molecule has 0 aliphatic carbocycles. The molecule has 0 aliphatic rings. The highest BCUT2D eigenvalue weighted by molar-refractivity contribution is 6.03. The summed E-state index contributed by atoms with van der Waals surface area (Å²) in [6.07, 6.45) is 0.481. The first-order valence-electron chi connectivity index (χ1n) is 8.04. The Morgan fingerprint density at radius 2 is 1.81 bits per heavy atom. The number of benzene rings is 2. The molecule has 2 aromatic carbocycles. The van der Waals surface area contributed by atoms with Gasteiger partial charge in [-0.3, -0.25) is 14.9 Å². The van der Waals surface area contributed by atoms with Gasteiger partial charge in [0.25, 0.3) is 11.6 Å². The van der Waals surface area contributed by atoms with Gasteiger partial charge < -0.3 is 15.2 Å². The fourth-order valence-corrected chi connectivity index (χ4v) is 2.06. The number of aliphatic hydroxyl groups is 1. The van der Waals surface area contributed by atoms with Gasteiger partial charge in [0.05, 0.1) is 11.0 Å². The normalized spacial score (nSPS) is 12.1. The molecule has 0 radical (unpaired) electrons. The third-order valence-electron chi connectivity index (χ3n) is 3.37. The number of esters is 1. The summed E-state index contributed by atoms with van der Waals surface area (Å²) in [5.41, 5.74) is 0.547. The lowest BCUT2D eigenvalue weighted by atomic mass is 10.1. The van der Waals surface area contributed by atoms with Gasteiger partial charge in [0.2, 0.25) is 0 Å². The third-order valence-corrected chi connectivity index (χ3v) is 3.37. The molecule has 0 saturated heterocycles. The Morgan fingerprint density at radius 3 is 2.37 bits per heavy atom. The molecule has 0 bridgehead atoms. The number of ether oxygens (including phenoxy) is 1. The van der Waals surface area contributed by atoms with Gasteiger partial charge in [-0.05, 0) is 42.8 Å². The average molecular weight is 370 g/mol. The Labute approximate surface area is 155 Å². The van der Waals surface area contributed by atoms with E-state index in [-0.39, 0.29) is 18.0 Å². The van der Waals surface area contributed by atoms with E-state index < -0.39 is 22.9 Å². The van der Waals surface area contributed by atoms with Crippen molar-refractivity contribution in [3.63, 3.8) is 0 Å². The number of aliphatic hydroxyl groups excluding tert-OH is 1. The number of carbonyl (C=O) groups is 2. The van der Waals surface area contributed by atoms with Crippen molar-refractivity contribution < 1.29 is 24.4 Å². The van der Waals surface area contributed by atoms with Crippen molar-refractivity contribution in [3.05, 3.63) is 81.5 Å². The lowest BCUT2D eigenvalue weighted by Crippen LogP contribution is -2.29. The summed E-state index contributed by atoms with van der Waals surface area (Å²) in [7, 11) is 0. The highest BCUT2D eigenvalue weighted by Gasteiger charge is 2.17. The first kappa shape index (κ1) is 19.8. The SMILES string of the molecule is CC(O)COC(=O)/C(=C\c1ccc([N+](=O)[O-])cc1)NC(=O)c1ccccc1. The van der Waals surface area contributed by atoms with E-state index in [0.29, 0.717) is 11.1 Å². The maximum Gasteiger partial charge on any atom is 0.354 e. The van der Waals surface area contributed by atoms with Crippen LogP contribution in [0.25, 0.3) is 6.08 Å². The summed E-state index contributed by atoms with van der Waals surface area (Å²) in [4.78, 5) is 34.8. The van der Waals surface area contributed by atoms with Crippen LogP contribution in [-0.2, 0) is 9.53 Å². The predicted octanol–water partition coefficient (Wildman–Crippen LogP) is 2.29. The number of carbonyl (C=O) groups excluding carboxylic acids is 2. The second-order valence-corrected chi connectivity index (χ2v) is 5.67. The van der Waals surface area contributed by atoms with Gasteiger partial charge in [-0.2, -0.15) is 0 Å². The number of non-ortho nitro benzene ring substituents is 1. The zero-order valence-electron chi connectivity index (χ0n) is 14.5. The number of rotatable bonds is 7. The minimum absolute atomic E-state index is 0.0984. The molecule has 1 atom stereocenters. The molecule has 0 aromatic heterocycles. The number of amides is 1. The van der Waals surface area contributed by atoms with Crippen LogP contribution in [-0.4, -0.2) is 34.6 Å². The summed E-state index contributed by atoms with van der Waals surface area (Å²) in [5.74, 6) is -1.35. The Morgan fingerprint density at radius 1 is 1.19 bits per heavy atom. The molecule has 2 aromatic rings. The van der Waals surface area contributed by atoms with Crippen molar-refractivity contribution in [1.82, 2.24) is 5.32 Å². The Kier molecular flexibility index (Phi) is 6.79. The van der Waals surface area contributed by atoms with Crippen molar-refractivity contribution in [2.75, 3.05) is 6.61 Å². The summed E-state index contributed by atoms with van der Waals surface area (Å²) in [6, 6.07) is 13.7. The van der Waals surface area contributed by atoms with Crippen LogP contribution in [0.1, 0.15) is 22.8 Å². The minimum atomic E-state index is -0.862. The maximum absolute atomic E-state index is 12.3. The van der Waals surface area contributed by atoms with E-state index in [1.54, 1.807) is 30.3 Å². The molecule has 1 unspecified atom stereocenters. The maximum atomic E-state index is 12.3.